The number of ether oxygens (including phenoxy) is 1. The maximum atomic E-state index is 13.2. The molecule has 3 heterocycles. The summed E-state index contributed by atoms with van der Waals surface area (Å²) in [5.74, 6) is -0.184. The quantitative estimate of drug-likeness (QED) is 0.305. The number of sulfonamides is 1. The number of benzene rings is 2. The van der Waals surface area contributed by atoms with Gasteiger partial charge in [-0.3, -0.25) is 9.69 Å². The third-order valence-corrected chi connectivity index (χ3v) is 9.53. The summed E-state index contributed by atoms with van der Waals surface area (Å²) in [6.07, 6.45) is 5.35. The lowest BCUT2D eigenvalue weighted by molar-refractivity contribution is -0.122. The van der Waals surface area contributed by atoms with Crippen LogP contribution in [0.1, 0.15) is 18.4 Å². The van der Waals surface area contributed by atoms with E-state index in [1.54, 1.807) is 36.1 Å². The van der Waals surface area contributed by atoms with Gasteiger partial charge in [0.05, 0.1) is 28.6 Å². The summed E-state index contributed by atoms with van der Waals surface area (Å²) in [7, 11) is -2.01. The number of methoxy groups -OCH3 is 1. The summed E-state index contributed by atoms with van der Waals surface area (Å²) >= 11 is 6.66. The molecule has 192 valence electrons. The van der Waals surface area contributed by atoms with E-state index in [9.17, 15) is 13.2 Å². The van der Waals surface area contributed by atoms with Crippen molar-refractivity contribution < 1.29 is 17.9 Å². The van der Waals surface area contributed by atoms with E-state index in [0.29, 0.717) is 52.3 Å². The van der Waals surface area contributed by atoms with Crippen molar-refractivity contribution in [3.8, 4) is 16.9 Å². The molecule has 0 saturated carbocycles. The number of hydrogen-bond acceptors (Lipinski definition) is 7. The Balaban J connectivity index is 1.57. The van der Waals surface area contributed by atoms with Gasteiger partial charge in [0, 0.05) is 37.5 Å². The Morgan fingerprint density at radius 2 is 1.86 bits per heavy atom. The Kier molecular flexibility index (Phi) is 7.59. The number of nitrogens with zero attached hydrogens (tertiary/aromatic N) is 4. The second-order valence-electron chi connectivity index (χ2n) is 8.68. The average molecular weight is 555 g/mol. The summed E-state index contributed by atoms with van der Waals surface area (Å²) in [5, 5.41) is 4.80. The number of hydrogen-bond donors (Lipinski definition) is 0. The minimum Gasteiger partial charge on any atom is -0.383 e. The number of para-hydroxylation sites is 1. The summed E-state index contributed by atoms with van der Waals surface area (Å²) in [6.45, 7) is 1.83. The van der Waals surface area contributed by atoms with Gasteiger partial charge in [0.1, 0.15) is 10.0 Å². The SMILES string of the molecule is COCCN1C(=O)C(=Cc2cn(-c3ccccc3)nc2-c2cccc(S(=O)(=O)N3CCCC3)c2)SC1=S. The zero-order chi connectivity index (χ0) is 26.0. The van der Waals surface area contributed by atoms with Crippen LogP contribution in [-0.2, 0) is 19.6 Å². The fraction of sp³-hybridized carbons (Fsp3) is 0.269. The molecule has 0 spiro atoms. The van der Waals surface area contributed by atoms with Crippen LogP contribution in [0.4, 0.5) is 0 Å². The van der Waals surface area contributed by atoms with Gasteiger partial charge < -0.3 is 4.74 Å². The van der Waals surface area contributed by atoms with Gasteiger partial charge in [-0.05, 0) is 43.2 Å². The molecule has 0 aliphatic carbocycles. The van der Waals surface area contributed by atoms with E-state index < -0.39 is 10.0 Å². The number of aromatic nitrogens is 2. The van der Waals surface area contributed by atoms with Crippen LogP contribution in [0.25, 0.3) is 23.0 Å². The van der Waals surface area contributed by atoms with Crippen LogP contribution >= 0.6 is 24.0 Å². The van der Waals surface area contributed by atoms with E-state index in [4.69, 9.17) is 22.1 Å². The van der Waals surface area contributed by atoms with E-state index in [2.05, 4.69) is 0 Å². The van der Waals surface area contributed by atoms with Crippen LogP contribution in [0.2, 0.25) is 0 Å². The minimum atomic E-state index is -3.59. The van der Waals surface area contributed by atoms with Gasteiger partial charge in [0.25, 0.3) is 5.91 Å². The highest BCUT2D eigenvalue weighted by atomic mass is 32.2. The molecular weight excluding hydrogens is 529 g/mol. The minimum absolute atomic E-state index is 0.184. The molecular formula is C26H26N4O4S3. The maximum absolute atomic E-state index is 13.2. The third kappa shape index (κ3) is 5.27. The van der Waals surface area contributed by atoms with Gasteiger partial charge in [0.15, 0.2) is 0 Å². The van der Waals surface area contributed by atoms with Crippen LogP contribution in [0.5, 0.6) is 0 Å². The standard InChI is InChI=1S/C26H26N4O4S3/c1-34-15-14-29-25(31)23(36-26(29)35)17-20-18-30(21-9-3-2-4-10-21)27-24(20)19-8-7-11-22(16-19)37(32,33)28-12-5-6-13-28/h2-4,7-11,16-18H,5-6,12-15H2,1H3. The number of amides is 1. The number of thioether (sulfide) groups is 1. The van der Waals surface area contributed by atoms with Crippen LogP contribution in [0.3, 0.4) is 0 Å². The fourth-order valence-electron chi connectivity index (χ4n) is 4.33. The maximum Gasteiger partial charge on any atom is 0.266 e. The zero-order valence-corrected chi connectivity index (χ0v) is 22.7. The van der Waals surface area contributed by atoms with E-state index in [1.165, 1.54) is 21.0 Å². The lowest BCUT2D eigenvalue weighted by Crippen LogP contribution is -2.31. The normalized spacial score (nSPS) is 17.9. The smallest absolute Gasteiger partial charge is 0.266 e. The highest BCUT2D eigenvalue weighted by Crippen LogP contribution is 2.35. The Labute approximate surface area is 226 Å². The van der Waals surface area contributed by atoms with Gasteiger partial charge in [-0.1, -0.05) is 54.3 Å². The molecule has 11 heteroatoms. The molecule has 0 atom stereocenters. The molecule has 0 radical (unpaired) electrons. The molecule has 5 rings (SSSR count). The van der Waals surface area contributed by atoms with Crippen LogP contribution in [0.15, 0.2) is 70.6 Å². The average Bonchev–Trinajstić information content (AvgIpc) is 3.65. The van der Waals surface area contributed by atoms with Crippen molar-refractivity contribution in [2.45, 2.75) is 17.7 Å². The monoisotopic (exact) mass is 554 g/mol. The first kappa shape index (κ1) is 25.8. The lowest BCUT2D eigenvalue weighted by atomic mass is 10.1. The first-order valence-corrected chi connectivity index (χ1v) is 14.5. The third-order valence-electron chi connectivity index (χ3n) is 6.25. The first-order valence-electron chi connectivity index (χ1n) is 11.9. The van der Waals surface area contributed by atoms with Crippen LogP contribution in [-0.4, -0.2) is 71.0 Å². The molecule has 2 aliphatic heterocycles. The number of carbonyl (C=O) groups excluding carboxylic acids is 1. The Morgan fingerprint density at radius 1 is 1.11 bits per heavy atom. The number of carbonyl (C=O) groups is 1. The first-order chi connectivity index (χ1) is 17.9. The molecule has 3 aromatic rings. The molecule has 37 heavy (non-hydrogen) atoms. The summed E-state index contributed by atoms with van der Waals surface area (Å²) in [5.41, 5.74) is 2.75. The fourth-order valence-corrected chi connectivity index (χ4v) is 7.19. The van der Waals surface area contributed by atoms with Gasteiger partial charge in [-0.2, -0.15) is 9.40 Å². The van der Waals surface area contributed by atoms with E-state index in [0.717, 1.165) is 18.5 Å². The highest BCUT2D eigenvalue weighted by molar-refractivity contribution is 8.26. The number of rotatable bonds is 8. The second kappa shape index (κ2) is 10.9. The lowest BCUT2D eigenvalue weighted by Gasteiger charge is -2.16. The predicted molar refractivity (Wildman–Crippen MR) is 149 cm³/mol. The molecule has 2 aromatic carbocycles. The van der Waals surface area contributed by atoms with E-state index >= 15 is 0 Å². The molecule has 0 N–H and O–H groups in total. The summed E-state index contributed by atoms with van der Waals surface area (Å²) < 4.78 is 35.3. The van der Waals surface area contributed by atoms with Gasteiger partial charge in [-0.15, -0.1) is 0 Å². The van der Waals surface area contributed by atoms with Crippen molar-refractivity contribution >= 4 is 50.3 Å². The van der Waals surface area contributed by atoms with Crippen molar-refractivity contribution in [3.63, 3.8) is 0 Å². The molecule has 2 saturated heterocycles. The molecule has 8 nitrogen and oxygen atoms in total. The molecule has 1 amide bonds. The van der Waals surface area contributed by atoms with E-state index in [1.807, 2.05) is 42.6 Å². The topological polar surface area (TPSA) is 84.7 Å². The van der Waals surface area contributed by atoms with Crippen molar-refractivity contribution in [3.05, 3.63) is 71.3 Å². The molecule has 2 aliphatic rings. The van der Waals surface area contributed by atoms with Crippen molar-refractivity contribution in [1.82, 2.24) is 19.0 Å². The van der Waals surface area contributed by atoms with Crippen LogP contribution in [0, 0.1) is 0 Å². The van der Waals surface area contributed by atoms with E-state index in [-0.39, 0.29) is 10.8 Å². The largest absolute Gasteiger partial charge is 0.383 e. The van der Waals surface area contributed by atoms with Gasteiger partial charge in [-0.25, -0.2) is 13.1 Å². The number of thiocarbonyl (C=S) groups is 1. The zero-order valence-electron chi connectivity index (χ0n) is 20.2. The van der Waals surface area contributed by atoms with Gasteiger partial charge in [0.2, 0.25) is 10.0 Å². The Morgan fingerprint density at radius 3 is 2.59 bits per heavy atom. The van der Waals surface area contributed by atoms with Crippen molar-refractivity contribution in [2.75, 3.05) is 33.4 Å². The summed E-state index contributed by atoms with van der Waals surface area (Å²) in [4.78, 5) is 15.3. The molecule has 0 unspecified atom stereocenters. The predicted octanol–water partition coefficient (Wildman–Crippen LogP) is 4.17. The van der Waals surface area contributed by atoms with Crippen molar-refractivity contribution in [1.29, 1.82) is 0 Å². The van der Waals surface area contributed by atoms with Gasteiger partial charge >= 0.3 is 0 Å². The summed E-state index contributed by atoms with van der Waals surface area (Å²) in [6, 6.07) is 16.5. The van der Waals surface area contributed by atoms with Crippen molar-refractivity contribution in [2.24, 2.45) is 0 Å². The highest BCUT2D eigenvalue weighted by Gasteiger charge is 2.32. The second-order valence-corrected chi connectivity index (χ2v) is 12.3. The Bertz CT molecular complexity index is 1460. The molecule has 0 bridgehead atoms. The van der Waals surface area contributed by atoms with Crippen LogP contribution < -0.4 is 0 Å². The molecule has 1 aromatic heterocycles. The Hall–Kier alpha value is -2.83. The molecule has 2 fully saturated rings.